The van der Waals surface area contributed by atoms with Crippen molar-refractivity contribution >= 4 is 50.9 Å². The molecule has 0 fully saturated rings. The van der Waals surface area contributed by atoms with E-state index in [9.17, 15) is 13.6 Å². The van der Waals surface area contributed by atoms with E-state index in [1.807, 2.05) is 34.9 Å². The molecule has 4 aromatic carbocycles. The van der Waals surface area contributed by atoms with Crippen molar-refractivity contribution in [1.29, 1.82) is 0 Å². The molecule has 7 heteroatoms. The fraction of sp³-hybridized carbons (Fsp3) is 0.0385. The summed E-state index contributed by atoms with van der Waals surface area (Å²) >= 11 is 12.5. The van der Waals surface area contributed by atoms with Gasteiger partial charge in [0.15, 0.2) is 11.6 Å². The van der Waals surface area contributed by atoms with Gasteiger partial charge in [0.2, 0.25) is 5.91 Å². The van der Waals surface area contributed by atoms with Gasteiger partial charge in [0, 0.05) is 37.5 Å². The molecule has 1 amide bonds. The zero-order chi connectivity index (χ0) is 23.3. The van der Waals surface area contributed by atoms with Crippen LogP contribution in [0.3, 0.4) is 0 Å². The maximum atomic E-state index is 14.5. The van der Waals surface area contributed by atoms with E-state index in [0.717, 1.165) is 28.1 Å². The van der Waals surface area contributed by atoms with Crippen LogP contribution in [0.1, 0.15) is 15.9 Å². The van der Waals surface area contributed by atoms with Crippen molar-refractivity contribution in [3.8, 4) is 11.1 Å². The lowest BCUT2D eigenvalue weighted by Crippen LogP contribution is -2.11. The van der Waals surface area contributed by atoms with Crippen molar-refractivity contribution < 1.29 is 13.6 Å². The van der Waals surface area contributed by atoms with Crippen LogP contribution in [-0.2, 0) is 6.54 Å². The summed E-state index contributed by atoms with van der Waals surface area (Å²) in [5.74, 6) is -2.39. The number of amides is 1. The Balaban J connectivity index is 1.82. The number of primary amides is 1. The van der Waals surface area contributed by atoms with Crippen molar-refractivity contribution in [1.82, 2.24) is 4.57 Å². The van der Waals surface area contributed by atoms with Crippen LogP contribution < -0.4 is 5.73 Å². The van der Waals surface area contributed by atoms with E-state index in [4.69, 9.17) is 28.9 Å². The SMILES string of the molecule is NC(=O)c1cccc2c1c1ccc(-c3ccc(Cl)cc3Cl)cc1n2Cc1cccc(F)c1F. The first-order valence-electron chi connectivity index (χ1n) is 10.1. The minimum atomic E-state index is -0.917. The van der Waals surface area contributed by atoms with Gasteiger partial charge >= 0.3 is 0 Å². The largest absolute Gasteiger partial charge is 0.366 e. The molecule has 0 aliphatic rings. The number of aromatic nitrogens is 1. The smallest absolute Gasteiger partial charge is 0.249 e. The zero-order valence-corrected chi connectivity index (χ0v) is 18.6. The van der Waals surface area contributed by atoms with Crippen molar-refractivity contribution in [2.24, 2.45) is 5.73 Å². The third-order valence-electron chi connectivity index (χ3n) is 5.76. The maximum Gasteiger partial charge on any atom is 0.249 e. The molecule has 1 heterocycles. The summed E-state index contributed by atoms with van der Waals surface area (Å²) in [6, 6.07) is 20.2. The first-order valence-corrected chi connectivity index (χ1v) is 10.8. The summed E-state index contributed by atoms with van der Waals surface area (Å²) in [7, 11) is 0. The van der Waals surface area contributed by atoms with Crippen LogP contribution in [0.25, 0.3) is 32.9 Å². The predicted octanol–water partition coefficient (Wildman–Crippen LogP) is 7.19. The van der Waals surface area contributed by atoms with Gasteiger partial charge in [-0.2, -0.15) is 0 Å². The van der Waals surface area contributed by atoms with Crippen LogP contribution in [0, 0.1) is 11.6 Å². The normalized spacial score (nSPS) is 11.4. The Morgan fingerprint density at radius 2 is 1.70 bits per heavy atom. The highest BCUT2D eigenvalue weighted by Crippen LogP contribution is 2.37. The molecule has 0 saturated heterocycles. The van der Waals surface area contributed by atoms with E-state index >= 15 is 0 Å². The summed E-state index contributed by atoms with van der Waals surface area (Å²) in [5.41, 5.74) is 9.18. The number of hydrogen-bond acceptors (Lipinski definition) is 1. The molecule has 3 nitrogen and oxygen atoms in total. The number of nitrogens with zero attached hydrogens (tertiary/aromatic N) is 1. The number of fused-ring (bicyclic) bond motifs is 3. The van der Waals surface area contributed by atoms with E-state index in [0.29, 0.717) is 26.5 Å². The van der Waals surface area contributed by atoms with Crippen molar-refractivity contribution in [2.75, 3.05) is 0 Å². The second-order valence-electron chi connectivity index (χ2n) is 7.72. The Bertz CT molecular complexity index is 1580. The summed E-state index contributed by atoms with van der Waals surface area (Å²) in [6.07, 6.45) is 0. The van der Waals surface area contributed by atoms with E-state index in [-0.39, 0.29) is 12.1 Å². The van der Waals surface area contributed by atoms with Crippen LogP contribution in [-0.4, -0.2) is 10.5 Å². The highest BCUT2D eigenvalue weighted by atomic mass is 35.5. The molecule has 0 bridgehead atoms. The molecule has 33 heavy (non-hydrogen) atoms. The highest BCUT2D eigenvalue weighted by molar-refractivity contribution is 6.36. The van der Waals surface area contributed by atoms with Crippen LogP contribution >= 0.6 is 23.2 Å². The number of carbonyl (C=O) groups excluding carboxylic acids is 1. The molecule has 0 aliphatic heterocycles. The maximum absolute atomic E-state index is 14.5. The lowest BCUT2D eigenvalue weighted by Gasteiger charge is -2.11. The van der Waals surface area contributed by atoms with E-state index in [2.05, 4.69) is 0 Å². The Hall–Kier alpha value is -3.41. The third-order valence-corrected chi connectivity index (χ3v) is 6.31. The average molecular weight is 481 g/mol. The minimum Gasteiger partial charge on any atom is -0.366 e. The first kappa shape index (κ1) is 21.4. The number of halogens is 4. The molecule has 2 N–H and O–H groups in total. The number of nitrogens with two attached hydrogens (primary N) is 1. The van der Waals surface area contributed by atoms with Gasteiger partial charge in [0.05, 0.1) is 17.6 Å². The number of carbonyl (C=O) groups is 1. The lowest BCUT2D eigenvalue weighted by atomic mass is 10.0. The fourth-order valence-corrected chi connectivity index (χ4v) is 4.77. The van der Waals surface area contributed by atoms with Crippen LogP contribution in [0.4, 0.5) is 8.78 Å². The van der Waals surface area contributed by atoms with Crippen LogP contribution in [0.5, 0.6) is 0 Å². The molecular formula is C26H16Cl2F2N2O. The van der Waals surface area contributed by atoms with Gasteiger partial charge in [0.25, 0.3) is 0 Å². The molecular weight excluding hydrogens is 465 g/mol. The van der Waals surface area contributed by atoms with Gasteiger partial charge in [-0.15, -0.1) is 0 Å². The Labute approximate surface area is 197 Å². The summed E-state index contributed by atoms with van der Waals surface area (Å²) < 4.78 is 30.3. The average Bonchev–Trinajstić information content (AvgIpc) is 3.10. The predicted molar refractivity (Wildman–Crippen MR) is 129 cm³/mol. The van der Waals surface area contributed by atoms with Crippen LogP contribution in [0.15, 0.2) is 72.8 Å². The minimum absolute atomic E-state index is 0.0591. The summed E-state index contributed by atoms with van der Waals surface area (Å²) in [5, 5.41) is 2.43. The van der Waals surface area contributed by atoms with E-state index in [1.54, 1.807) is 24.3 Å². The van der Waals surface area contributed by atoms with Gasteiger partial charge in [-0.25, -0.2) is 8.78 Å². The molecule has 5 rings (SSSR count). The van der Waals surface area contributed by atoms with Crippen LogP contribution in [0.2, 0.25) is 10.0 Å². The molecule has 0 aliphatic carbocycles. The lowest BCUT2D eigenvalue weighted by molar-refractivity contribution is 0.100. The number of hydrogen-bond donors (Lipinski definition) is 1. The van der Waals surface area contributed by atoms with Crippen molar-refractivity contribution in [3.63, 3.8) is 0 Å². The van der Waals surface area contributed by atoms with E-state index in [1.165, 1.54) is 12.1 Å². The molecule has 0 unspecified atom stereocenters. The topological polar surface area (TPSA) is 48.0 Å². The summed E-state index contributed by atoms with van der Waals surface area (Å²) in [4.78, 5) is 12.2. The molecule has 0 atom stereocenters. The number of rotatable bonds is 4. The monoisotopic (exact) mass is 480 g/mol. The second kappa shape index (κ2) is 8.18. The molecule has 0 radical (unpaired) electrons. The van der Waals surface area contributed by atoms with Crippen molar-refractivity contribution in [3.05, 3.63) is 106 Å². The van der Waals surface area contributed by atoms with Gasteiger partial charge in [-0.1, -0.05) is 59.6 Å². The Kier molecular flexibility index (Phi) is 5.31. The molecule has 0 spiro atoms. The van der Waals surface area contributed by atoms with Crippen molar-refractivity contribution in [2.45, 2.75) is 6.54 Å². The Morgan fingerprint density at radius 3 is 2.45 bits per heavy atom. The second-order valence-corrected chi connectivity index (χ2v) is 8.56. The quantitative estimate of drug-likeness (QED) is 0.290. The molecule has 5 aromatic rings. The molecule has 0 saturated carbocycles. The van der Waals surface area contributed by atoms with Gasteiger partial charge in [0.1, 0.15) is 0 Å². The zero-order valence-electron chi connectivity index (χ0n) is 17.1. The highest BCUT2D eigenvalue weighted by Gasteiger charge is 2.19. The first-order chi connectivity index (χ1) is 15.8. The fourth-order valence-electron chi connectivity index (χ4n) is 4.25. The van der Waals surface area contributed by atoms with Gasteiger partial charge in [-0.3, -0.25) is 4.79 Å². The van der Waals surface area contributed by atoms with E-state index < -0.39 is 17.5 Å². The number of benzene rings is 4. The Morgan fingerprint density at radius 1 is 0.909 bits per heavy atom. The molecule has 1 aromatic heterocycles. The standard InChI is InChI=1S/C26H16Cl2F2N2O/c27-16-8-10-17(20(28)12-16)14-7-9-18-23(11-14)32(13-15-3-1-5-21(29)25(15)30)22-6-2-4-19(24(18)22)26(31)33/h1-12H,13H2,(H2,31,33). The van der Waals surface area contributed by atoms with Gasteiger partial charge in [-0.05, 0) is 42.0 Å². The molecule has 164 valence electrons. The summed E-state index contributed by atoms with van der Waals surface area (Å²) in [6.45, 7) is 0.0591. The third kappa shape index (κ3) is 3.63. The van der Waals surface area contributed by atoms with Gasteiger partial charge < -0.3 is 10.3 Å².